The number of halogens is 1. The zero-order valence-electron chi connectivity index (χ0n) is 12.7. The first-order chi connectivity index (χ1) is 10.7. The summed E-state index contributed by atoms with van der Waals surface area (Å²) in [5, 5.41) is 3.52. The summed E-state index contributed by atoms with van der Waals surface area (Å²) in [7, 11) is 0. The van der Waals surface area contributed by atoms with E-state index in [2.05, 4.69) is 11.4 Å². The molecule has 1 aliphatic carbocycles. The Morgan fingerprint density at radius 3 is 2.95 bits per heavy atom. The molecular weight excluding hydrogens is 281 g/mol. The van der Waals surface area contributed by atoms with E-state index in [9.17, 15) is 9.18 Å². The van der Waals surface area contributed by atoms with E-state index in [1.54, 1.807) is 19.1 Å². The lowest BCUT2D eigenvalue weighted by molar-refractivity contribution is 0.0927. The molecular formula is C18H20FNO2. The Balaban J connectivity index is 1.68. The quantitative estimate of drug-likeness (QED) is 0.845. The van der Waals surface area contributed by atoms with E-state index < -0.39 is 5.82 Å². The summed E-state index contributed by atoms with van der Waals surface area (Å²) < 4.78 is 19.1. The van der Waals surface area contributed by atoms with Gasteiger partial charge in [0.15, 0.2) is 17.2 Å². The molecule has 1 N–H and O–H groups in total. The Labute approximate surface area is 129 Å². The molecule has 1 aliphatic rings. The van der Waals surface area contributed by atoms with Crippen LogP contribution in [0.1, 0.15) is 48.2 Å². The normalized spacial score (nSPS) is 14.9. The van der Waals surface area contributed by atoms with Crippen LogP contribution in [0.15, 0.2) is 34.3 Å². The van der Waals surface area contributed by atoms with Gasteiger partial charge in [0.05, 0.1) is 0 Å². The Morgan fingerprint density at radius 2 is 2.23 bits per heavy atom. The molecule has 0 spiro atoms. The minimum atomic E-state index is -0.438. The third-order valence-corrected chi connectivity index (χ3v) is 4.24. The number of para-hydroxylation sites is 1. The summed E-state index contributed by atoms with van der Waals surface area (Å²) in [5.41, 5.74) is 2.25. The van der Waals surface area contributed by atoms with Gasteiger partial charge in [-0.05, 0) is 45.1 Å². The Hall–Kier alpha value is -2.10. The molecule has 3 nitrogen and oxygen atoms in total. The van der Waals surface area contributed by atoms with Crippen LogP contribution < -0.4 is 5.32 Å². The average Bonchev–Trinajstić information content (AvgIpc) is 2.87. The van der Waals surface area contributed by atoms with E-state index in [4.69, 9.17) is 4.42 Å². The number of allylic oxidation sites excluding steroid dienone is 1. The van der Waals surface area contributed by atoms with Crippen LogP contribution in [0.2, 0.25) is 0 Å². The monoisotopic (exact) mass is 301 g/mol. The maximum atomic E-state index is 13.7. The second-order valence-electron chi connectivity index (χ2n) is 5.79. The van der Waals surface area contributed by atoms with Gasteiger partial charge in [-0.3, -0.25) is 4.79 Å². The molecule has 0 saturated heterocycles. The molecule has 2 aromatic rings. The first-order valence-electron chi connectivity index (χ1n) is 7.80. The fraction of sp³-hybridized carbons (Fsp3) is 0.389. The molecule has 1 aromatic carbocycles. The third-order valence-electron chi connectivity index (χ3n) is 4.24. The smallest absolute Gasteiger partial charge is 0.287 e. The molecule has 0 saturated carbocycles. The van der Waals surface area contributed by atoms with Crippen molar-refractivity contribution in [1.82, 2.24) is 5.32 Å². The number of benzene rings is 1. The predicted molar refractivity (Wildman–Crippen MR) is 84.4 cm³/mol. The standard InChI is InChI=1S/C18H20FNO2/c1-12-14-8-5-9-15(19)17(14)22-16(12)18(21)20-11-10-13-6-3-2-4-7-13/h5-6,8-9H,2-4,7,10-11H2,1H3,(H,20,21). The number of carbonyl (C=O) groups excluding carboxylic acids is 1. The number of carbonyl (C=O) groups is 1. The maximum absolute atomic E-state index is 13.7. The highest BCUT2D eigenvalue weighted by Gasteiger charge is 2.19. The minimum Gasteiger partial charge on any atom is -0.448 e. The second kappa shape index (κ2) is 6.34. The molecule has 0 fully saturated rings. The minimum absolute atomic E-state index is 0.153. The van der Waals surface area contributed by atoms with Gasteiger partial charge < -0.3 is 9.73 Å². The molecule has 0 bridgehead atoms. The molecule has 22 heavy (non-hydrogen) atoms. The van der Waals surface area contributed by atoms with E-state index in [0.29, 0.717) is 17.5 Å². The van der Waals surface area contributed by atoms with Gasteiger partial charge in [0.2, 0.25) is 0 Å². The molecule has 1 heterocycles. The van der Waals surface area contributed by atoms with Crippen LogP contribution in [0.5, 0.6) is 0 Å². The largest absolute Gasteiger partial charge is 0.448 e. The highest BCUT2D eigenvalue weighted by atomic mass is 19.1. The molecule has 1 aromatic heterocycles. The second-order valence-corrected chi connectivity index (χ2v) is 5.79. The number of nitrogens with one attached hydrogen (secondary N) is 1. The van der Waals surface area contributed by atoms with Crippen molar-refractivity contribution in [3.05, 3.63) is 47.0 Å². The van der Waals surface area contributed by atoms with Crippen LogP contribution in [0, 0.1) is 12.7 Å². The summed E-state index contributed by atoms with van der Waals surface area (Å²) in [6.07, 6.45) is 7.92. The number of fused-ring (bicyclic) bond motifs is 1. The van der Waals surface area contributed by atoms with Crippen molar-refractivity contribution < 1.29 is 13.6 Å². The van der Waals surface area contributed by atoms with Crippen molar-refractivity contribution in [2.45, 2.75) is 39.0 Å². The lowest BCUT2D eigenvalue weighted by Gasteiger charge is -2.12. The first-order valence-corrected chi connectivity index (χ1v) is 7.80. The predicted octanol–water partition coefficient (Wildman–Crippen LogP) is 4.50. The summed E-state index contributed by atoms with van der Waals surface area (Å²) in [6.45, 7) is 2.37. The number of furan rings is 1. The van der Waals surface area contributed by atoms with Crippen molar-refractivity contribution in [3.8, 4) is 0 Å². The summed E-state index contributed by atoms with van der Waals surface area (Å²) in [4.78, 5) is 12.2. The molecule has 1 amide bonds. The Kier molecular flexibility index (Phi) is 4.27. The van der Waals surface area contributed by atoms with E-state index in [0.717, 1.165) is 19.3 Å². The zero-order valence-corrected chi connectivity index (χ0v) is 12.7. The first kappa shape index (κ1) is 14.8. The van der Waals surface area contributed by atoms with Gasteiger partial charge in [-0.15, -0.1) is 0 Å². The Bertz CT molecular complexity index is 730. The van der Waals surface area contributed by atoms with Crippen LogP contribution >= 0.6 is 0 Å². The van der Waals surface area contributed by atoms with Crippen LogP contribution in [-0.2, 0) is 0 Å². The van der Waals surface area contributed by atoms with E-state index in [1.807, 2.05) is 0 Å². The molecule has 0 radical (unpaired) electrons. The maximum Gasteiger partial charge on any atom is 0.287 e. The molecule has 0 unspecified atom stereocenters. The summed E-state index contributed by atoms with van der Waals surface area (Å²) >= 11 is 0. The number of amides is 1. The van der Waals surface area contributed by atoms with Crippen molar-refractivity contribution in [3.63, 3.8) is 0 Å². The van der Waals surface area contributed by atoms with Crippen molar-refractivity contribution in [2.75, 3.05) is 6.54 Å². The van der Waals surface area contributed by atoms with Gasteiger partial charge in [0.1, 0.15) is 0 Å². The summed E-state index contributed by atoms with van der Waals surface area (Å²) in [6, 6.07) is 4.72. The third kappa shape index (κ3) is 2.91. The molecule has 3 rings (SSSR count). The van der Waals surface area contributed by atoms with Gasteiger partial charge in [0, 0.05) is 17.5 Å². The topological polar surface area (TPSA) is 42.2 Å². The van der Waals surface area contributed by atoms with Crippen molar-refractivity contribution in [2.24, 2.45) is 0 Å². The van der Waals surface area contributed by atoms with E-state index in [1.165, 1.54) is 24.5 Å². The van der Waals surface area contributed by atoms with Crippen molar-refractivity contribution in [1.29, 1.82) is 0 Å². The van der Waals surface area contributed by atoms with Gasteiger partial charge in [-0.2, -0.15) is 0 Å². The summed E-state index contributed by atoms with van der Waals surface area (Å²) in [5.74, 6) is -0.505. The highest BCUT2D eigenvalue weighted by Crippen LogP contribution is 2.27. The number of aryl methyl sites for hydroxylation is 1. The SMILES string of the molecule is Cc1c(C(=O)NCCC2=CCCCC2)oc2c(F)cccc12. The fourth-order valence-corrected chi connectivity index (χ4v) is 2.97. The zero-order chi connectivity index (χ0) is 15.5. The van der Waals surface area contributed by atoms with E-state index in [-0.39, 0.29) is 17.3 Å². The molecule has 4 heteroatoms. The van der Waals surface area contributed by atoms with Gasteiger partial charge >= 0.3 is 0 Å². The number of rotatable bonds is 4. The van der Waals surface area contributed by atoms with Gasteiger partial charge in [0.25, 0.3) is 5.91 Å². The van der Waals surface area contributed by atoms with Gasteiger partial charge in [-0.1, -0.05) is 23.8 Å². The lowest BCUT2D eigenvalue weighted by atomic mass is 9.97. The van der Waals surface area contributed by atoms with Crippen LogP contribution in [0.4, 0.5) is 4.39 Å². The average molecular weight is 301 g/mol. The molecule has 116 valence electrons. The molecule has 0 aliphatic heterocycles. The number of hydrogen-bond donors (Lipinski definition) is 1. The van der Waals surface area contributed by atoms with Crippen LogP contribution in [0.25, 0.3) is 11.0 Å². The Morgan fingerprint density at radius 1 is 1.36 bits per heavy atom. The van der Waals surface area contributed by atoms with Crippen molar-refractivity contribution >= 4 is 16.9 Å². The number of hydrogen-bond acceptors (Lipinski definition) is 2. The molecule has 0 atom stereocenters. The van der Waals surface area contributed by atoms with Gasteiger partial charge in [-0.25, -0.2) is 4.39 Å². The fourth-order valence-electron chi connectivity index (χ4n) is 2.97. The lowest BCUT2D eigenvalue weighted by Crippen LogP contribution is -2.25. The van der Waals surface area contributed by atoms with E-state index >= 15 is 0 Å². The highest BCUT2D eigenvalue weighted by molar-refractivity contribution is 5.98. The van der Waals surface area contributed by atoms with Crippen LogP contribution in [-0.4, -0.2) is 12.5 Å². The van der Waals surface area contributed by atoms with Crippen LogP contribution in [0.3, 0.4) is 0 Å².